The van der Waals surface area contributed by atoms with Gasteiger partial charge < -0.3 is 5.32 Å². The quantitative estimate of drug-likeness (QED) is 0.746. The summed E-state index contributed by atoms with van der Waals surface area (Å²) in [5, 5.41) is 3.51. The van der Waals surface area contributed by atoms with Gasteiger partial charge in [0.05, 0.1) is 0 Å². The number of rotatable bonds is 5. The van der Waals surface area contributed by atoms with Gasteiger partial charge in [0, 0.05) is 19.1 Å². The second kappa shape index (κ2) is 4.84. The second-order valence-electron chi connectivity index (χ2n) is 5.97. The topological polar surface area (TPSA) is 15.3 Å². The first-order valence-electron chi connectivity index (χ1n) is 6.61. The van der Waals surface area contributed by atoms with E-state index in [1.807, 2.05) is 0 Å². The van der Waals surface area contributed by atoms with Gasteiger partial charge in [-0.15, -0.1) is 0 Å². The lowest BCUT2D eigenvalue weighted by molar-refractivity contribution is 0.189. The molecule has 2 rings (SSSR count). The Morgan fingerprint density at radius 2 is 2.00 bits per heavy atom. The SMILES string of the molecule is CC(C)CN(CC1CNCC1C)C1CC1. The van der Waals surface area contributed by atoms with Crippen LogP contribution in [0.25, 0.3) is 0 Å². The van der Waals surface area contributed by atoms with E-state index in [4.69, 9.17) is 0 Å². The minimum atomic E-state index is 0.815. The summed E-state index contributed by atoms with van der Waals surface area (Å²) in [6.45, 7) is 12.2. The minimum Gasteiger partial charge on any atom is -0.316 e. The zero-order valence-electron chi connectivity index (χ0n) is 10.5. The molecule has 1 aliphatic carbocycles. The molecule has 1 aliphatic heterocycles. The van der Waals surface area contributed by atoms with Crippen LogP contribution in [0.2, 0.25) is 0 Å². The summed E-state index contributed by atoms with van der Waals surface area (Å²) in [5.41, 5.74) is 0. The molecule has 0 aromatic carbocycles. The molecule has 2 heteroatoms. The van der Waals surface area contributed by atoms with Crippen LogP contribution in [0.3, 0.4) is 0 Å². The molecule has 88 valence electrons. The van der Waals surface area contributed by atoms with Crippen LogP contribution in [-0.2, 0) is 0 Å². The Morgan fingerprint density at radius 1 is 1.27 bits per heavy atom. The predicted octanol–water partition coefficient (Wildman–Crippen LogP) is 1.96. The summed E-state index contributed by atoms with van der Waals surface area (Å²) < 4.78 is 0. The summed E-state index contributed by atoms with van der Waals surface area (Å²) in [6, 6.07) is 0.931. The Balaban J connectivity index is 1.82. The molecule has 0 radical (unpaired) electrons. The molecule has 2 aliphatic rings. The van der Waals surface area contributed by atoms with E-state index < -0.39 is 0 Å². The fourth-order valence-corrected chi connectivity index (χ4v) is 2.69. The van der Waals surface area contributed by atoms with Crippen LogP contribution >= 0.6 is 0 Å². The van der Waals surface area contributed by atoms with Crippen molar-refractivity contribution in [3.63, 3.8) is 0 Å². The molecule has 1 heterocycles. The van der Waals surface area contributed by atoms with Gasteiger partial charge in [0.15, 0.2) is 0 Å². The number of hydrogen-bond donors (Lipinski definition) is 1. The highest BCUT2D eigenvalue weighted by molar-refractivity contribution is 4.89. The van der Waals surface area contributed by atoms with Crippen molar-refractivity contribution in [2.75, 3.05) is 26.2 Å². The van der Waals surface area contributed by atoms with Crippen molar-refractivity contribution in [3.8, 4) is 0 Å². The van der Waals surface area contributed by atoms with Crippen molar-refractivity contribution in [3.05, 3.63) is 0 Å². The molecule has 1 saturated carbocycles. The van der Waals surface area contributed by atoms with Gasteiger partial charge in [-0.05, 0) is 43.7 Å². The van der Waals surface area contributed by atoms with Crippen molar-refractivity contribution < 1.29 is 0 Å². The third kappa shape index (κ3) is 3.18. The van der Waals surface area contributed by atoms with E-state index in [1.54, 1.807) is 0 Å². The zero-order chi connectivity index (χ0) is 10.8. The van der Waals surface area contributed by atoms with E-state index in [-0.39, 0.29) is 0 Å². The van der Waals surface area contributed by atoms with Gasteiger partial charge in [0.2, 0.25) is 0 Å². The summed E-state index contributed by atoms with van der Waals surface area (Å²) in [6.07, 6.45) is 2.89. The van der Waals surface area contributed by atoms with Gasteiger partial charge >= 0.3 is 0 Å². The van der Waals surface area contributed by atoms with E-state index in [1.165, 1.54) is 39.0 Å². The summed E-state index contributed by atoms with van der Waals surface area (Å²) in [5.74, 6) is 2.58. The number of nitrogens with zero attached hydrogens (tertiary/aromatic N) is 1. The van der Waals surface area contributed by atoms with Crippen LogP contribution < -0.4 is 5.32 Å². The molecule has 0 spiro atoms. The zero-order valence-corrected chi connectivity index (χ0v) is 10.5. The van der Waals surface area contributed by atoms with Gasteiger partial charge in [-0.25, -0.2) is 0 Å². The largest absolute Gasteiger partial charge is 0.316 e. The van der Waals surface area contributed by atoms with Crippen LogP contribution in [0.4, 0.5) is 0 Å². The normalized spacial score (nSPS) is 31.8. The summed E-state index contributed by atoms with van der Waals surface area (Å²) in [4.78, 5) is 2.75. The van der Waals surface area contributed by atoms with Crippen molar-refractivity contribution in [2.45, 2.75) is 39.7 Å². The van der Waals surface area contributed by atoms with Gasteiger partial charge in [0.1, 0.15) is 0 Å². The van der Waals surface area contributed by atoms with Gasteiger partial charge in [0.25, 0.3) is 0 Å². The lowest BCUT2D eigenvalue weighted by atomic mass is 9.97. The molecular formula is C13H26N2. The minimum absolute atomic E-state index is 0.815. The summed E-state index contributed by atoms with van der Waals surface area (Å²) >= 11 is 0. The van der Waals surface area contributed by atoms with Crippen molar-refractivity contribution in [1.29, 1.82) is 0 Å². The highest BCUT2D eigenvalue weighted by Gasteiger charge is 2.33. The van der Waals surface area contributed by atoms with E-state index in [0.29, 0.717) is 0 Å². The van der Waals surface area contributed by atoms with Crippen LogP contribution in [0, 0.1) is 17.8 Å². The average Bonchev–Trinajstić information content (AvgIpc) is 2.92. The molecule has 0 bridgehead atoms. The van der Waals surface area contributed by atoms with E-state index in [9.17, 15) is 0 Å². The molecule has 1 N–H and O–H groups in total. The summed E-state index contributed by atoms with van der Waals surface area (Å²) in [7, 11) is 0. The molecular weight excluding hydrogens is 184 g/mol. The third-order valence-electron chi connectivity index (χ3n) is 3.81. The van der Waals surface area contributed by atoms with Gasteiger partial charge in [-0.2, -0.15) is 0 Å². The van der Waals surface area contributed by atoms with Gasteiger partial charge in [-0.3, -0.25) is 4.90 Å². The number of nitrogens with one attached hydrogen (secondary N) is 1. The lowest BCUT2D eigenvalue weighted by Gasteiger charge is -2.28. The Kier molecular flexibility index (Phi) is 3.68. The second-order valence-corrected chi connectivity index (χ2v) is 5.97. The molecule has 2 atom stereocenters. The van der Waals surface area contributed by atoms with Crippen LogP contribution in [0.1, 0.15) is 33.6 Å². The smallest absolute Gasteiger partial charge is 0.00966 e. The van der Waals surface area contributed by atoms with Crippen molar-refractivity contribution >= 4 is 0 Å². The van der Waals surface area contributed by atoms with E-state index in [0.717, 1.165) is 23.8 Å². The van der Waals surface area contributed by atoms with Crippen molar-refractivity contribution in [1.82, 2.24) is 10.2 Å². The first kappa shape index (κ1) is 11.4. The number of hydrogen-bond acceptors (Lipinski definition) is 2. The maximum absolute atomic E-state index is 3.51. The monoisotopic (exact) mass is 210 g/mol. The van der Waals surface area contributed by atoms with Crippen molar-refractivity contribution in [2.24, 2.45) is 17.8 Å². The standard InChI is InChI=1S/C13H26N2/c1-10(2)8-15(13-4-5-13)9-12-7-14-6-11(12)3/h10-14H,4-9H2,1-3H3. The predicted molar refractivity (Wildman–Crippen MR) is 65.0 cm³/mol. The van der Waals surface area contributed by atoms with E-state index >= 15 is 0 Å². The fourth-order valence-electron chi connectivity index (χ4n) is 2.69. The molecule has 2 unspecified atom stereocenters. The molecule has 1 saturated heterocycles. The highest BCUT2D eigenvalue weighted by atomic mass is 15.2. The fraction of sp³-hybridized carbons (Fsp3) is 1.00. The lowest BCUT2D eigenvalue weighted by Crippen LogP contribution is -2.36. The third-order valence-corrected chi connectivity index (χ3v) is 3.81. The van der Waals surface area contributed by atoms with Crippen LogP contribution in [-0.4, -0.2) is 37.1 Å². The molecule has 2 fully saturated rings. The Hall–Kier alpha value is -0.0800. The molecule has 15 heavy (non-hydrogen) atoms. The Bertz CT molecular complexity index is 199. The van der Waals surface area contributed by atoms with Crippen LogP contribution in [0.5, 0.6) is 0 Å². The maximum Gasteiger partial charge on any atom is 0.00966 e. The van der Waals surface area contributed by atoms with Crippen LogP contribution in [0.15, 0.2) is 0 Å². The molecule has 0 aromatic heterocycles. The van der Waals surface area contributed by atoms with Gasteiger partial charge in [-0.1, -0.05) is 20.8 Å². The first-order valence-corrected chi connectivity index (χ1v) is 6.61. The highest BCUT2D eigenvalue weighted by Crippen LogP contribution is 2.30. The Morgan fingerprint density at radius 3 is 2.47 bits per heavy atom. The van der Waals surface area contributed by atoms with E-state index in [2.05, 4.69) is 31.0 Å². The molecule has 0 amide bonds. The Labute approximate surface area is 94.4 Å². The maximum atomic E-state index is 3.51. The molecule has 2 nitrogen and oxygen atoms in total. The first-order chi connectivity index (χ1) is 7.16. The average molecular weight is 210 g/mol. The molecule has 0 aromatic rings.